The molecule has 0 bridgehead atoms. The first kappa shape index (κ1) is 16.0. The lowest BCUT2D eigenvalue weighted by Gasteiger charge is -2.19. The molecule has 1 atom stereocenters. The van der Waals surface area contributed by atoms with Gasteiger partial charge in [0.2, 0.25) is 0 Å². The molecule has 1 rings (SSSR count). The van der Waals surface area contributed by atoms with E-state index in [1.165, 1.54) is 7.05 Å². The molecule has 1 unspecified atom stereocenters. The summed E-state index contributed by atoms with van der Waals surface area (Å²) >= 11 is 0. The zero-order chi connectivity index (χ0) is 15.4. The van der Waals surface area contributed by atoms with Crippen LogP contribution in [0.4, 0.5) is 8.78 Å². The first-order valence-electron chi connectivity index (χ1n) is 5.90. The number of carbonyl (C=O) groups is 2. The molecule has 20 heavy (non-hydrogen) atoms. The lowest BCUT2D eigenvalue weighted by molar-refractivity contribution is 0.0676. The van der Waals surface area contributed by atoms with Crippen molar-refractivity contribution in [2.75, 3.05) is 13.6 Å². The topological polar surface area (TPSA) is 77.8 Å². The maximum Gasteiger partial charge on any atom is 0.336 e. The third-order valence-corrected chi connectivity index (χ3v) is 2.75. The van der Waals surface area contributed by atoms with Crippen LogP contribution in [0.3, 0.4) is 0 Å². The number of carbonyl (C=O) groups excluding carboxylic acids is 1. The van der Waals surface area contributed by atoms with E-state index in [4.69, 9.17) is 10.2 Å². The van der Waals surface area contributed by atoms with Crippen molar-refractivity contribution < 1.29 is 28.6 Å². The van der Waals surface area contributed by atoms with Gasteiger partial charge in [0, 0.05) is 13.6 Å². The third-order valence-electron chi connectivity index (χ3n) is 2.75. The van der Waals surface area contributed by atoms with Crippen molar-refractivity contribution in [1.29, 1.82) is 0 Å². The van der Waals surface area contributed by atoms with E-state index in [9.17, 15) is 18.4 Å². The highest BCUT2D eigenvalue weighted by Crippen LogP contribution is 2.17. The molecule has 5 nitrogen and oxygen atoms in total. The summed E-state index contributed by atoms with van der Waals surface area (Å²) in [5, 5.41) is 18.1. The van der Waals surface area contributed by atoms with Crippen molar-refractivity contribution in [3.05, 3.63) is 34.9 Å². The normalized spacial score (nSPS) is 12.1. The number of carboxylic acid groups (broad SMARTS) is 1. The Labute approximate surface area is 114 Å². The van der Waals surface area contributed by atoms with Crippen molar-refractivity contribution in [2.24, 2.45) is 0 Å². The number of amides is 1. The molecule has 0 aromatic heterocycles. The Morgan fingerprint density at radius 2 is 1.75 bits per heavy atom. The minimum absolute atomic E-state index is 0.161. The zero-order valence-corrected chi connectivity index (χ0v) is 11.1. The number of aromatic carboxylic acids is 1. The van der Waals surface area contributed by atoms with Gasteiger partial charge in [0.05, 0.1) is 17.2 Å². The van der Waals surface area contributed by atoms with E-state index in [-0.39, 0.29) is 13.0 Å². The number of halogens is 2. The van der Waals surface area contributed by atoms with Crippen molar-refractivity contribution in [2.45, 2.75) is 19.4 Å². The molecule has 2 N–H and O–H groups in total. The number of hydrogen-bond donors (Lipinski definition) is 2. The van der Waals surface area contributed by atoms with Gasteiger partial charge in [-0.2, -0.15) is 0 Å². The maximum absolute atomic E-state index is 13.2. The fourth-order valence-corrected chi connectivity index (χ4v) is 1.59. The van der Waals surface area contributed by atoms with Crippen LogP contribution in [-0.2, 0) is 0 Å². The Kier molecular flexibility index (Phi) is 5.15. The average molecular weight is 287 g/mol. The van der Waals surface area contributed by atoms with Crippen LogP contribution in [0.25, 0.3) is 0 Å². The molecule has 0 heterocycles. The Balaban J connectivity index is 3.08. The van der Waals surface area contributed by atoms with Gasteiger partial charge in [-0.1, -0.05) is 0 Å². The summed E-state index contributed by atoms with van der Waals surface area (Å²) in [6.07, 6.45) is -0.344. The van der Waals surface area contributed by atoms with E-state index in [1.54, 1.807) is 6.92 Å². The van der Waals surface area contributed by atoms with Crippen LogP contribution in [-0.4, -0.2) is 46.7 Å². The fraction of sp³-hybridized carbons (Fsp3) is 0.385. The summed E-state index contributed by atoms with van der Waals surface area (Å²) in [4.78, 5) is 24.2. The SMILES string of the molecule is CC(O)CCN(C)C(=O)c1cc(F)c(F)cc1C(=O)O. The van der Waals surface area contributed by atoms with Crippen LogP contribution in [0.15, 0.2) is 12.1 Å². The molecular weight excluding hydrogens is 272 g/mol. The predicted molar refractivity (Wildman–Crippen MR) is 66.6 cm³/mol. The van der Waals surface area contributed by atoms with Crippen molar-refractivity contribution in [1.82, 2.24) is 4.90 Å². The first-order valence-corrected chi connectivity index (χ1v) is 5.90. The number of aliphatic hydroxyl groups is 1. The third kappa shape index (κ3) is 3.74. The van der Waals surface area contributed by atoms with Gasteiger partial charge in [0.1, 0.15) is 0 Å². The summed E-state index contributed by atoms with van der Waals surface area (Å²) < 4.78 is 26.2. The van der Waals surface area contributed by atoms with Crippen molar-refractivity contribution >= 4 is 11.9 Å². The highest BCUT2D eigenvalue weighted by Gasteiger charge is 2.22. The highest BCUT2D eigenvalue weighted by molar-refractivity contribution is 6.04. The predicted octanol–water partition coefficient (Wildman–Crippen LogP) is 1.51. The second-order valence-electron chi connectivity index (χ2n) is 4.48. The second-order valence-corrected chi connectivity index (χ2v) is 4.48. The van der Waals surface area contributed by atoms with E-state index < -0.39 is 40.7 Å². The fourth-order valence-electron chi connectivity index (χ4n) is 1.59. The molecule has 0 aliphatic rings. The Hall–Kier alpha value is -2.02. The summed E-state index contributed by atoms with van der Waals surface area (Å²) in [7, 11) is 1.39. The Morgan fingerprint density at radius 3 is 2.20 bits per heavy atom. The molecule has 0 fully saturated rings. The van der Waals surface area contributed by atoms with Crippen LogP contribution in [0.1, 0.15) is 34.1 Å². The maximum atomic E-state index is 13.2. The lowest BCUT2D eigenvalue weighted by Crippen LogP contribution is -2.31. The number of nitrogens with zero attached hydrogens (tertiary/aromatic N) is 1. The first-order chi connectivity index (χ1) is 9.23. The zero-order valence-electron chi connectivity index (χ0n) is 11.1. The molecule has 1 amide bonds. The minimum atomic E-state index is -1.52. The number of benzene rings is 1. The van der Waals surface area contributed by atoms with Gasteiger partial charge in [-0.25, -0.2) is 13.6 Å². The number of rotatable bonds is 5. The van der Waals surface area contributed by atoms with E-state index >= 15 is 0 Å². The van der Waals surface area contributed by atoms with Crippen LogP contribution in [0.5, 0.6) is 0 Å². The van der Waals surface area contributed by atoms with Gasteiger partial charge in [0.15, 0.2) is 11.6 Å². The number of hydrogen-bond acceptors (Lipinski definition) is 3. The standard InChI is InChI=1S/C13H15F2NO4/c1-7(17)3-4-16(2)12(18)8-5-10(14)11(15)6-9(8)13(19)20/h5-7,17H,3-4H2,1-2H3,(H,19,20). The van der Waals surface area contributed by atoms with E-state index in [2.05, 4.69) is 0 Å². The van der Waals surface area contributed by atoms with Gasteiger partial charge in [-0.05, 0) is 25.5 Å². The molecule has 1 aromatic rings. The van der Waals surface area contributed by atoms with E-state index in [0.29, 0.717) is 12.1 Å². The highest BCUT2D eigenvalue weighted by atomic mass is 19.2. The van der Waals surface area contributed by atoms with E-state index in [0.717, 1.165) is 4.90 Å². The molecule has 0 spiro atoms. The molecule has 0 radical (unpaired) electrons. The monoisotopic (exact) mass is 287 g/mol. The van der Waals surface area contributed by atoms with Gasteiger partial charge < -0.3 is 15.1 Å². The van der Waals surface area contributed by atoms with Crippen LogP contribution in [0.2, 0.25) is 0 Å². The second kappa shape index (κ2) is 6.42. The van der Waals surface area contributed by atoms with Gasteiger partial charge in [0.25, 0.3) is 5.91 Å². The van der Waals surface area contributed by atoms with Gasteiger partial charge in [-0.15, -0.1) is 0 Å². The number of carboxylic acids is 1. The molecule has 0 saturated heterocycles. The minimum Gasteiger partial charge on any atom is -0.478 e. The molecule has 0 aliphatic heterocycles. The lowest BCUT2D eigenvalue weighted by atomic mass is 10.1. The molecular formula is C13H15F2NO4. The van der Waals surface area contributed by atoms with Crippen LogP contribution >= 0.6 is 0 Å². The van der Waals surface area contributed by atoms with Crippen LogP contribution < -0.4 is 0 Å². The summed E-state index contributed by atoms with van der Waals surface area (Å²) in [6, 6.07) is 1.05. The number of aliphatic hydroxyl groups excluding tert-OH is 1. The summed E-state index contributed by atoms with van der Waals surface area (Å²) in [6.45, 7) is 1.70. The molecule has 7 heteroatoms. The van der Waals surface area contributed by atoms with E-state index in [1.807, 2.05) is 0 Å². The summed E-state index contributed by atoms with van der Waals surface area (Å²) in [5.41, 5.74) is -1.03. The Bertz CT molecular complexity index is 531. The quantitative estimate of drug-likeness (QED) is 0.860. The molecule has 0 aliphatic carbocycles. The van der Waals surface area contributed by atoms with Crippen molar-refractivity contribution in [3.8, 4) is 0 Å². The summed E-state index contributed by atoms with van der Waals surface area (Å²) in [5.74, 6) is -4.88. The van der Waals surface area contributed by atoms with Gasteiger partial charge >= 0.3 is 5.97 Å². The molecule has 110 valence electrons. The average Bonchev–Trinajstić information content (AvgIpc) is 2.37. The van der Waals surface area contributed by atoms with Crippen LogP contribution in [0, 0.1) is 11.6 Å². The smallest absolute Gasteiger partial charge is 0.336 e. The largest absolute Gasteiger partial charge is 0.478 e. The van der Waals surface area contributed by atoms with Gasteiger partial charge in [-0.3, -0.25) is 4.79 Å². The Morgan fingerprint density at radius 1 is 1.25 bits per heavy atom. The molecule has 0 saturated carbocycles. The molecule has 1 aromatic carbocycles. The van der Waals surface area contributed by atoms with Crippen molar-refractivity contribution in [3.63, 3.8) is 0 Å².